The third kappa shape index (κ3) is 2.99. The molecule has 1 aromatic rings. The van der Waals surface area contributed by atoms with Crippen LogP contribution < -0.4 is 10.2 Å². The van der Waals surface area contributed by atoms with Gasteiger partial charge in [0.1, 0.15) is 0 Å². The lowest BCUT2D eigenvalue weighted by molar-refractivity contribution is 0.375. The van der Waals surface area contributed by atoms with E-state index in [4.69, 9.17) is 0 Å². The van der Waals surface area contributed by atoms with Crippen LogP contribution in [0.4, 0.5) is 14.5 Å². The Hall–Kier alpha value is -1.16. The lowest BCUT2D eigenvalue weighted by Gasteiger charge is -2.25. The van der Waals surface area contributed by atoms with Gasteiger partial charge in [-0.1, -0.05) is 0 Å². The molecule has 4 heteroatoms. The Balaban J connectivity index is 2.21. The van der Waals surface area contributed by atoms with Gasteiger partial charge in [0.05, 0.1) is 0 Å². The Morgan fingerprint density at radius 3 is 2.61 bits per heavy atom. The van der Waals surface area contributed by atoms with Crippen molar-refractivity contribution in [3.8, 4) is 0 Å². The molecule has 0 radical (unpaired) electrons. The number of nitrogens with one attached hydrogen (secondary N) is 1. The summed E-state index contributed by atoms with van der Waals surface area (Å²) in [7, 11) is 3.71. The standard InChI is InChI=1S/C14H20F2N2/c1-18(2)14-8-13(16)12(15)7-11(14)6-10-4-3-5-17-9-10/h7-8,10,17H,3-6,9H2,1-2H3. The molecule has 0 aromatic heterocycles. The van der Waals surface area contributed by atoms with E-state index in [1.165, 1.54) is 12.1 Å². The molecule has 1 unspecified atom stereocenters. The number of hydrogen-bond acceptors (Lipinski definition) is 2. The van der Waals surface area contributed by atoms with Crippen molar-refractivity contribution in [2.45, 2.75) is 19.3 Å². The molecule has 2 rings (SSSR count). The van der Waals surface area contributed by atoms with Crippen molar-refractivity contribution < 1.29 is 8.78 Å². The number of benzene rings is 1. The maximum Gasteiger partial charge on any atom is 0.160 e. The van der Waals surface area contributed by atoms with Crippen molar-refractivity contribution in [1.29, 1.82) is 0 Å². The van der Waals surface area contributed by atoms with E-state index in [2.05, 4.69) is 5.32 Å². The van der Waals surface area contributed by atoms with Crippen LogP contribution >= 0.6 is 0 Å². The Labute approximate surface area is 107 Å². The van der Waals surface area contributed by atoms with Gasteiger partial charge < -0.3 is 10.2 Å². The second-order valence-corrected chi connectivity index (χ2v) is 5.21. The number of rotatable bonds is 3. The molecule has 1 atom stereocenters. The fourth-order valence-electron chi connectivity index (χ4n) is 2.57. The van der Waals surface area contributed by atoms with Crippen LogP contribution in [-0.4, -0.2) is 27.2 Å². The molecule has 1 saturated heterocycles. The van der Waals surface area contributed by atoms with Crippen molar-refractivity contribution in [3.05, 3.63) is 29.3 Å². The van der Waals surface area contributed by atoms with Crippen molar-refractivity contribution in [3.63, 3.8) is 0 Å². The highest BCUT2D eigenvalue weighted by Crippen LogP contribution is 2.26. The van der Waals surface area contributed by atoms with Gasteiger partial charge in [0.2, 0.25) is 0 Å². The molecule has 0 amide bonds. The Morgan fingerprint density at radius 2 is 2.00 bits per heavy atom. The zero-order chi connectivity index (χ0) is 13.1. The molecule has 1 aromatic carbocycles. The van der Waals surface area contributed by atoms with Crippen LogP contribution in [0.3, 0.4) is 0 Å². The Morgan fingerprint density at radius 1 is 1.28 bits per heavy atom. The molecule has 100 valence electrons. The molecule has 2 nitrogen and oxygen atoms in total. The molecule has 1 fully saturated rings. The first-order chi connectivity index (χ1) is 8.58. The predicted molar refractivity (Wildman–Crippen MR) is 70.0 cm³/mol. The van der Waals surface area contributed by atoms with Crippen molar-refractivity contribution >= 4 is 5.69 Å². The molecular formula is C14H20F2N2. The summed E-state index contributed by atoms with van der Waals surface area (Å²) in [5.41, 5.74) is 1.67. The van der Waals surface area contributed by atoms with E-state index in [0.717, 1.165) is 43.6 Å². The highest BCUT2D eigenvalue weighted by molar-refractivity contribution is 5.53. The average Bonchev–Trinajstić information content (AvgIpc) is 2.34. The summed E-state index contributed by atoms with van der Waals surface area (Å²) in [6.45, 7) is 2.03. The van der Waals surface area contributed by atoms with Crippen LogP contribution in [0.25, 0.3) is 0 Å². The van der Waals surface area contributed by atoms with Crippen LogP contribution in [-0.2, 0) is 6.42 Å². The van der Waals surface area contributed by atoms with Gasteiger partial charge in [-0.15, -0.1) is 0 Å². The van der Waals surface area contributed by atoms with E-state index < -0.39 is 11.6 Å². The van der Waals surface area contributed by atoms with E-state index in [1.54, 1.807) is 0 Å². The lowest BCUT2D eigenvalue weighted by atomic mass is 9.91. The number of anilines is 1. The molecule has 1 aliphatic rings. The maximum atomic E-state index is 13.4. The molecule has 0 aliphatic carbocycles. The number of nitrogens with zero attached hydrogens (tertiary/aromatic N) is 1. The molecule has 18 heavy (non-hydrogen) atoms. The first-order valence-corrected chi connectivity index (χ1v) is 6.44. The van der Waals surface area contributed by atoms with Gasteiger partial charge in [0, 0.05) is 25.8 Å². The normalized spacial score (nSPS) is 19.9. The minimum absolute atomic E-state index is 0.516. The van der Waals surface area contributed by atoms with Gasteiger partial charge in [-0.05, 0) is 49.9 Å². The number of piperidine rings is 1. The third-order valence-electron chi connectivity index (χ3n) is 3.51. The molecule has 1 N–H and O–H groups in total. The van der Waals surface area contributed by atoms with Gasteiger partial charge in [-0.2, -0.15) is 0 Å². The van der Waals surface area contributed by atoms with Crippen LogP contribution in [0, 0.1) is 17.6 Å². The summed E-state index contributed by atoms with van der Waals surface area (Å²) in [6, 6.07) is 2.64. The summed E-state index contributed by atoms with van der Waals surface area (Å²) in [4.78, 5) is 1.84. The van der Waals surface area contributed by atoms with E-state index >= 15 is 0 Å². The summed E-state index contributed by atoms with van der Waals surface area (Å²) in [5, 5.41) is 3.35. The number of halogens is 2. The monoisotopic (exact) mass is 254 g/mol. The number of hydrogen-bond donors (Lipinski definition) is 1. The SMILES string of the molecule is CN(C)c1cc(F)c(F)cc1CC1CCCNC1. The van der Waals surface area contributed by atoms with Crippen LogP contribution in [0.1, 0.15) is 18.4 Å². The minimum atomic E-state index is -0.774. The molecule has 0 spiro atoms. The Kier molecular flexibility index (Phi) is 4.17. The van der Waals surface area contributed by atoms with Gasteiger partial charge in [0.15, 0.2) is 11.6 Å². The van der Waals surface area contributed by atoms with Gasteiger partial charge >= 0.3 is 0 Å². The molecule has 1 heterocycles. The zero-order valence-electron chi connectivity index (χ0n) is 11.0. The van der Waals surface area contributed by atoms with E-state index in [1.807, 2.05) is 19.0 Å². The predicted octanol–water partition coefficient (Wildman–Crippen LogP) is 2.57. The smallest absolute Gasteiger partial charge is 0.160 e. The zero-order valence-corrected chi connectivity index (χ0v) is 11.0. The van der Waals surface area contributed by atoms with Gasteiger partial charge in [-0.3, -0.25) is 0 Å². The van der Waals surface area contributed by atoms with E-state index in [-0.39, 0.29) is 0 Å². The van der Waals surface area contributed by atoms with E-state index in [9.17, 15) is 8.78 Å². The van der Waals surface area contributed by atoms with Crippen LogP contribution in [0.5, 0.6) is 0 Å². The minimum Gasteiger partial charge on any atom is -0.377 e. The first-order valence-electron chi connectivity index (χ1n) is 6.44. The van der Waals surface area contributed by atoms with Gasteiger partial charge in [0.25, 0.3) is 0 Å². The second kappa shape index (κ2) is 5.65. The fourth-order valence-corrected chi connectivity index (χ4v) is 2.57. The van der Waals surface area contributed by atoms with Crippen LogP contribution in [0.15, 0.2) is 12.1 Å². The summed E-state index contributed by atoms with van der Waals surface area (Å²) >= 11 is 0. The summed E-state index contributed by atoms with van der Waals surface area (Å²) in [6.07, 6.45) is 3.11. The molecular weight excluding hydrogens is 234 g/mol. The highest BCUT2D eigenvalue weighted by Gasteiger charge is 2.18. The molecule has 0 bridgehead atoms. The molecule has 1 aliphatic heterocycles. The van der Waals surface area contributed by atoms with E-state index in [0.29, 0.717) is 5.92 Å². The lowest BCUT2D eigenvalue weighted by Crippen LogP contribution is -2.31. The van der Waals surface area contributed by atoms with Crippen LogP contribution in [0.2, 0.25) is 0 Å². The first kappa shape index (κ1) is 13.3. The average molecular weight is 254 g/mol. The summed E-state index contributed by atoms with van der Waals surface area (Å²) in [5.74, 6) is -1.01. The Bertz CT molecular complexity index is 413. The topological polar surface area (TPSA) is 15.3 Å². The van der Waals surface area contributed by atoms with Gasteiger partial charge in [-0.25, -0.2) is 8.78 Å². The largest absolute Gasteiger partial charge is 0.377 e. The maximum absolute atomic E-state index is 13.4. The third-order valence-corrected chi connectivity index (χ3v) is 3.51. The fraction of sp³-hybridized carbons (Fsp3) is 0.571. The quantitative estimate of drug-likeness (QED) is 0.892. The summed E-state index contributed by atoms with van der Waals surface area (Å²) < 4.78 is 26.7. The van der Waals surface area contributed by atoms with Crippen molar-refractivity contribution in [2.24, 2.45) is 5.92 Å². The highest BCUT2D eigenvalue weighted by atomic mass is 19.2. The molecule has 0 saturated carbocycles. The van der Waals surface area contributed by atoms with Crippen molar-refractivity contribution in [1.82, 2.24) is 5.32 Å². The second-order valence-electron chi connectivity index (χ2n) is 5.21. The van der Waals surface area contributed by atoms with Crippen molar-refractivity contribution in [2.75, 3.05) is 32.1 Å².